The zero-order valence-corrected chi connectivity index (χ0v) is 13.9. The first-order valence-corrected chi connectivity index (χ1v) is 7.60. The molecule has 0 bridgehead atoms. The molecule has 3 heteroatoms. The number of fused-ring (bicyclic) bond motifs is 1. The van der Waals surface area contributed by atoms with Gasteiger partial charge in [0.25, 0.3) is 0 Å². The van der Waals surface area contributed by atoms with Crippen LogP contribution in [0.5, 0.6) is 0 Å². The average molecular weight is 344 g/mol. The summed E-state index contributed by atoms with van der Waals surface area (Å²) in [4.78, 5) is 0. The Hall–Kier alpha value is -0.123. The van der Waals surface area contributed by atoms with Crippen LogP contribution in [0, 0.1) is 0 Å². The molecular weight excluding hydrogens is 332 g/mol. The maximum atomic E-state index is 3.69. The lowest BCUT2D eigenvalue weighted by atomic mass is 10.1. The van der Waals surface area contributed by atoms with Crippen molar-refractivity contribution in [2.45, 2.75) is 13.3 Å². The summed E-state index contributed by atoms with van der Waals surface area (Å²) in [7, 11) is 1.09. The summed E-state index contributed by atoms with van der Waals surface area (Å²) in [5, 5.41) is 4.23. The van der Waals surface area contributed by atoms with Crippen LogP contribution in [0.1, 0.15) is 12.5 Å². The Morgan fingerprint density at radius 2 is 1.67 bits per heavy atom. The Bertz CT molecular complexity index is 521. The number of hydrogen-bond acceptors (Lipinski definition) is 0. The zero-order chi connectivity index (χ0) is 11.0. The molecule has 0 nitrogen and oxygen atoms in total. The topological polar surface area (TPSA) is 0 Å². The predicted molar refractivity (Wildman–Crippen MR) is 78.3 cm³/mol. The van der Waals surface area contributed by atoms with E-state index in [0.29, 0.717) is 0 Å². The van der Waals surface area contributed by atoms with Gasteiger partial charge in [-0.15, -0.1) is 0 Å². The van der Waals surface area contributed by atoms with Crippen molar-refractivity contribution in [1.29, 1.82) is 0 Å². The molecule has 2 aromatic carbocycles. The van der Waals surface area contributed by atoms with Crippen LogP contribution in [-0.4, -0.2) is 10.2 Å². The van der Waals surface area contributed by atoms with E-state index in [1.807, 2.05) is 0 Å². The lowest BCUT2D eigenvalue weighted by molar-refractivity contribution is 1.14. The van der Waals surface area contributed by atoms with Gasteiger partial charge in [0.2, 0.25) is 0 Å². The summed E-state index contributed by atoms with van der Waals surface area (Å²) < 4.78 is 2.42. The van der Waals surface area contributed by atoms with Gasteiger partial charge in [0.15, 0.2) is 0 Å². The Morgan fingerprint density at radius 3 is 2.27 bits per heavy atom. The fourth-order valence-electron chi connectivity index (χ4n) is 2.00. The molecule has 2 rings (SSSR count). The second-order valence-corrected chi connectivity index (χ2v) is 6.22. The second kappa shape index (κ2) is 4.40. The van der Waals surface area contributed by atoms with Crippen LogP contribution in [0.15, 0.2) is 33.2 Å². The quantitative estimate of drug-likeness (QED) is 0.698. The first kappa shape index (κ1) is 11.4. The van der Waals surface area contributed by atoms with Gasteiger partial charge in [-0.3, -0.25) is 0 Å². The molecule has 0 spiro atoms. The van der Waals surface area contributed by atoms with Crippen LogP contribution >= 0.6 is 31.9 Å². The number of rotatable bonds is 1. The number of halogens is 2. The number of hydrogen-bond donors (Lipinski definition) is 0. The van der Waals surface area contributed by atoms with E-state index in [0.717, 1.165) is 16.7 Å². The highest BCUT2D eigenvalue weighted by molar-refractivity contribution is 9.13. The molecule has 0 radical (unpaired) electrons. The zero-order valence-electron chi connectivity index (χ0n) is 8.77. The molecule has 0 saturated heterocycles. The SMILES string of the molecule is CCc1c(Br)c(Br)c2ccccc2c1[SiH3]. The molecule has 15 heavy (non-hydrogen) atoms. The van der Waals surface area contributed by atoms with Crippen molar-refractivity contribution in [2.75, 3.05) is 0 Å². The molecule has 2 aromatic rings. The van der Waals surface area contributed by atoms with Gasteiger partial charge in [-0.2, -0.15) is 0 Å². The fraction of sp³-hybridized carbons (Fsp3) is 0.167. The van der Waals surface area contributed by atoms with Gasteiger partial charge in [0.05, 0.1) is 0 Å². The van der Waals surface area contributed by atoms with Gasteiger partial charge < -0.3 is 0 Å². The Morgan fingerprint density at radius 1 is 1.07 bits per heavy atom. The Kier molecular flexibility index (Phi) is 3.33. The molecule has 0 aliphatic heterocycles. The Balaban J connectivity index is 2.96. The van der Waals surface area contributed by atoms with Crippen molar-refractivity contribution >= 4 is 58.1 Å². The maximum Gasteiger partial charge on any atom is 0.0398 e. The van der Waals surface area contributed by atoms with E-state index in [9.17, 15) is 0 Å². The largest absolute Gasteiger partial charge is 0.0616 e. The molecule has 0 aromatic heterocycles. The minimum atomic E-state index is 1.09. The van der Waals surface area contributed by atoms with Crippen LogP contribution in [0.2, 0.25) is 0 Å². The van der Waals surface area contributed by atoms with Crippen LogP contribution in [0.25, 0.3) is 10.8 Å². The molecule has 0 heterocycles. The lowest BCUT2D eigenvalue weighted by Crippen LogP contribution is -2.12. The van der Waals surface area contributed by atoms with Gasteiger partial charge in [-0.1, -0.05) is 36.4 Å². The van der Waals surface area contributed by atoms with Crippen LogP contribution in [-0.2, 0) is 6.42 Å². The molecular formula is C12H12Br2Si. The molecule has 0 fully saturated rings. The lowest BCUT2D eigenvalue weighted by Gasteiger charge is -2.13. The minimum Gasteiger partial charge on any atom is -0.0616 e. The summed E-state index contributed by atoms with van der Waals surface area (Å²) in [6.07, 6.45) is 1.09. The van der Waals surface area contributed by atoms with Crippen molar-refractivity contribution in [3.8, 4) is 0 Å². The highest BCUT2D eigenvalue weighted by Crippen LogP contribution is 2.33. The molecule has 0 atom stereocenters. The molecule has 0 amide bonds. The molecule has 78 valence electrons. The molecule has 0 N–H and O–H groups in total. The predicted octanol–water partition coefficient (Wildman–Crippen LogP) is 2.92. The number of benzene rings is 2. The van der Waals surface area contributed by atoms with Crippen molar-refractivity contribution < 1.29 is 0 Å². The van der Waals surface area contributed by atoms with E-state index >= 15 is 0 Å². The summed E-state index contributed by atoms with van der Waals surface area (Å²) in [5.74, 6) is 0. The van der Waals surface area contributed by atoms with Crippen molar-refractivity contribution in [1.82, 2.24) is 0 Å². The summed E-state index contributed by atoms with van der Waals surface area (Å²) >= 11 is 7.36. The summed E-state index contributed by atoms with van der Waals surface area (Å²) in [5.41, 5.74) is 1.45. The third-order valence-electron chi connectivity index (χ3n) is 2.83. The normalized spacial score (nSPS) is 11.1. The first-order valence-electron chi connectivity index (χ1n) is 5.02. The van der Waals surface area contributed by atoms with Crippen LogP contribution < -0.4 is 5.19 Å². The van der Waals surface area contributed by atoms with E-state index in [-0.39, 0.29) is 0 Å². The van der Waals surface area contributed by atoms with E-state index in [1.54, 1.807) is 0 Å². The molecule has 0 aliphatic rings. The van der Waals surface area contributed by atoms with Gasteiger partial charge in [-0.25, -0.2) is 0 Å². The smallest absolute Gasteiger partial charge is 0.0398 e. The molecule has 0 aliphatic carbocycles. The van der Waals surface area contributed by atoms with Gasteiger partial charge >= 0.3 is 0 Å². The van der Waals surface area contributed by atoms with E-state index < -0.39 is 0 Å². The van der Waals surface area contributed by atoms with E-state index in [4.69, 9.17) is 0 Å². The highest BCUT2D eigenvalue weighted by atomic mass is 79.9. The first-order chi connectivity index (χ1) is 7.16. The second-order valence-electron chi connectivity index (χ2n) is 3.63. The van der Waals surface area contributed by atoms with Gasteiger partial charge in [0, 0.05) is 19.2 Å². The monoisotopic (exact) mass is 342 g/mol. The van der Waals surface area contributed by atoms with Gasteiger partial charge in [-0.05, 0) is 54.6 Å². The third-order valence-corrected chi connectivity index (χ3v) is 6.20. The van der Waals surface area contributed by atoms with E-state index in [2.05, 4.69) is 63.0 Å². The standard InChI is InChI=1S/C12H12Br2Si/c1-2-7-10(13)11(14)8-5-3-4-6-9(8)12(7)15/h3-6H,2H2,1,15H3. The molecule has 0 saturated carbocycles. The average Bonchev–Trinajstić information content (AvgIpc) is 2.27. The van der Waals surface area contributed by atoms with Crippen LogP contribution in [0.3, 0.4) is 0 Å². The maximum absolute atomic E-state index is 3.69. The summed E-state index contributed by atoms with van der Waals surface area (Å²) in [6, 6.07) is 8.59. The van der Waals surface area contributed by atoms with Crippen molar-refractivity contribution in [2.24, 2.45) is 0 Å². The molecule has 0 unspecified atom stereocenters. The van der Waals surface area contributed by atoms with E-state index in [1.165, 1.54) is 30.5 Å². The fourth-order valence-corrected chi connectivity index (χ4v) is 4.78. The summed E-state index contributed by atoms with van der Waals surface area (Å²) in [6.45, 7) is 2.21. The third kappa shape index (κ3) is 1.81. The minimum absolute atomic E-state index is 1.09. The van der Waals surface area contributed by atoms with Crippen molar-refractivity contribution in [3.05, 3.63) is 38.8 Å². The van der Waals surface area contributed by atoms with Crippen LogP contribution in [0.4, 0.5) is 0 Å². The Labute approximate surface area is 110 Å². The van der Waals surface area contributed by atoms with Gasteiger partial charge in [0.1, 0.15) is 0 Å². The highest BCUT2D eigenvalue weighted by Gasteiger charge is 2.11. The van der Waals surface area contributed by atoms with Crippen molar-refractivity contribution in [3.63, 3.8) is 0 Å².